The fourth-order valence-corrected chi connectivity index (χ4v) is 3.64. The van der Waals surface area contributed by atoms with Crippen LogP contribution in [0.2, 0.25) is 0 Å². The van der Waals surface area contributed by atoms with E-state index in [-0.39, 0.29) is 5.91 Å². The molecular formula is C21H23N5O2. The molecule has 0 atom stereocenters. The molecule has 1 fully saturated rings. The zero-order chi connectivity index (χ0) is 19.4. The molecule has 0 aliphatic heterocycles. The summed E-state index contributed by atoms with van der Waals surface area (Å²) in [6.45, 7) is 0.311. The number of aromatic amines is 1. The third kappa shape index (κ3) is 4.09. The van der Waals surface area contributed by atoms with Crippen molar-refractivity contribution < 1.29 is 9.90 Å². The minimum absolute atomic E-state index is 0.155. The molecule has 7 nitrogen and oxygen atoms in total. The van der Waals surface area contributed by atoms with Gasteiger partial charge >= 0.3 is 0 Å². The number of amides is 1. The van der Waals surface area contributed by atoms with Crippen LogP contribution >= 0.6 is 0 Å². The molecule has 3 aromatic rings. The van der Waals surface area contributed by atoms with Gasteiger partial charge in [-0.25, -0.2) is 0 Å². The number of carbonyl (C=O) groups excluding carboxylic acids is 1. The molecule has 1 heterocycles. The van der Waals surface area contributed by atoms with Gasteiger partial charge < -0.3 is 10.4 Å². The smallest absolute Gasteiger partial charge is 0.251 e. The molecule has 3 N–H and O–H groups in total. The van der Waals surface area contributed by atoms with Crippen LogP contribution < -0.4 is 5.32 Å². The Morgan fingerprint density at radius 2 is 1.57 bits per heavy atom. The third-order valence-corrected chi connectivity index (χ3v) is 5.33. The number of hydrogen-bond donors (Lipinski definition) is 3. The lowest BCUT2D eigenvalue weighted by Gasteiger charge is -2.32. The average molecular weight is 377 g/mol. The molecule has 0 radical (unpaired) electrons. The Kier molecular flexibility index (Phi) is 5.16. The molecular weight excluding hydrogens is 354 g/mol. The van der Waals surface area contributed by atoms with Crippen LogP contribution in [-0.2, 0) is 0 Å². The zero-order valence-electron chi connectivity index (χ0n) is 15.6. The second-order valence-electron chi connectivity index (χ2n) is 7.36. The summed E-state index contributed by atoms with van der Waals surface area (Å²) in [5, 5.41) is 27.3. The van der Waals surface area contributed by atoms with Crippen LogP contribution in [0.25, 0.3) is 22.5 Å². The normalized spacial score (nSPS) is 15.9. The number of rotatable bonds is 5. The lowest BCUT2D eigenvalue weighted by molar-refractivity contribution is 0.00526. The van der Waals surface area contributed by atoms with Crippen LogP contribution in [-0.4, -0.2) is 43.8 Å². The first kappa shape index (κ1) is 18.3. The van der Waals surface area contributed by atoms with Crippen LogP contribution in [0.4, 0.5) is 0 Å². The molecule has 1 amide bonds. The van der Waals surface area contributed by atoms with Crippen molar-refractivity contribution in [1.29, 1.82) is 0 Å². The van der Waals surface area contributed by atoms with Gasteiger partial charge in [0.1, 0.15) is 0 Å². The fraction of sp³-hybridized carbons (Fsp3) is 0.333. The summed E-state index contributed by atoms with van der Waals surface area (Å²) >= 11 is 0. The maximum Gasteiger partial charge on any atom is 0.251 e. The van der Waals surface area contributed by atoms with Gasteiger partial charge in [0.25, 0.3) is 5.91 Å². The summed E-state index contributed by atoms with van der Waals surface area (Å²) in [7, 11) is 0. The van der Waals surface area contributed by atoms with E-state index >= 15 is 0 Å². The molecule has 1 saturated carbocycles. The van der Waals surface area contributed by atoms with Gasteiger partial charge in [-0.15, -0.1) is 10.2 Å². The SMILES string of the molecule is O=C(NCC1(O)CCCCC1)c1ccc(-c2ccc(-c3nn[nH]n3)cc2)cc1. The minimum atomic E-state index is -0.756. The van der Waals surface area contributed by atoms with Gasteiger partial charge in [-0.3, -0.25) is 4.79 Å². The molecule has 1 aliphatic carbocycles. The quantitative estimate of drug-likeness (QED) is 0.634. The van der Waals surface area contributed by atoms with Crippen LogP contribution in [0.5, 0.6) is 0 Å². The molecule has 4 rings (SSSR count). The van der Waals surface area contributed by atoms with E-state index in [2.05, 4.69) is 25.9 Å². The van der Waals surface area contributed by atoms with Gasteiger partial charge in [0, 0.05) is 17.7 Å². The van der Waals surface area contributed by atoms with Crippen LogP contribution in [0.3, 0.4) is 0 Å². The van der Waals surface area contributed by atoms with Crippen LogP contribution in [0.1, 0.15) is 42.5 Å². The fourth-order valence-electron chi connectivity index (χ4n) is 3.64. The van der Waals surface area contributed by atoms with E-state index in [0.717, 1.165) is 48.8 Å². The first-order valence-electron chi connectivity index (χ1n) is 9.58. The predicted molar refractivity (Wildman–Crippen MR) is 105 cm³/mol. The van der Waals surface area contributed by atoms with E-state index in [4.69, 9.17) is 0 Å². The third-order valence-electron chi connectivity index (χ3n) is 5.33. The number of aromatic nitrogens is 4. The predicted octanol–water partition coefficient (Wildman–Crippen LogP) is 2.96. The average Bonchev–Trinajstić information content (AvgIpc) is 3.28. The number of aliphatic hydroxyl groups is 1. The van der Waals surface area contributed by atoms with Crippen molar-refractivity contribution in [2.75, 3.05) is 6.54 Å². The van der Waals surface area contributed by atoms with Crippen molar-refractivity contribution in [3.8, 4) is 22.5 Å². The van der Waals surface area contributed by atoms with E-state index in [0.29, 0.717) is 17.9 Å². The van der Waals surface area contributed by atoms with Gasteiger partial charge in [0.2, 0.25) is 5.82 Å². The summed E-state index contributed by atoms with van der Waals surface area (Å²) in [5.41, 5.74) is 2.77. The first-order chi connectivity index (χ1) is 13.6. The number of carbonyl (C=O) groups is 1. The number of H-pyrrole nitrogens is 1. The molecule has 144 valence electrons. The molecule has 28 heavy (non-hydrogen) atoms. The summed E-state index contributed by atoms with van der Waals surface area (Å²) < 4.78 is 0. The van der Waals surface area contributed by atoms with E-state index in [9.17, 15) is 9.90 Å². The highest BCUT2D eigenvalue weighted by molar-refractivity contribution is 5.94. The van der Waals surface area contributed by atoms with Crippen molar-refractivity contribution in [2.24, 2.45) is 0 Å². The van der Waals surface area contributed by atoms with Crippen LogP contribution in [0.15, 0.2) is 48.5 Å². The summed E-state index contributed by atoms with van der Waals surface area (Å²) in [5.74, 6) is 0.399. The van der Waals surface area contributed by atoms with E-state index in [1.807, 2.05) is 48.5 Å². The van der Waals surface area contributed by atoms with E-state index in [1.54, 1.807) is 0 Å². The van der Waals surface area contributed by atoms with Gasteiger partial charge in [0.05, 0.1) is 5.60 Å². The summed E-state index contributed by atoms with van der Waals surface area (Å²) in [6, 6.07) is 15.3. The second-order valence-corrected chi connectivity index (χ2v) is 7.36. The van der Waals surface area contributed by atoms with Crippen molar-refractivity contribution in [1.82, 2.24) is 25.9 Å². The van der Waals surface area contributed by atoms with Gasteiger partial charge in [0.15, 0.2) is 0 Å². The Morgan fingerprint density at radius 3 is 2.18 bits per heavy atom. The van der Waals surface area contributed by atoms with Crippen molar-refractivity contribution in [2.45, 2.75) is 37.7 Å². The zero-order valence-corrected chi connectivity index (χ0v) is 15.6. The molecule has 0 saturated heterocycles. The Morgan fingerprint density at radius 1 is 0.964 bits per heavy atom. The Labute approximate surface area is 163 Å². The Hall–Kier alpha value is -3.06. The molecule has 0 spiro atoms. The topological polar surface area (TPSA) is 104 Å². The molecule has 0 unspecified atom stereocenters. The highest BCUT2D eigenvalue weighted by Crippen LogP contribution is 2.27. The highest BCUT2D eigenvalue weighted by atomic mass is 16.3. The first-order valence-corrected chi connectivity index (χ1v) is 9.58. The summed E-state index contributed by atoms with van der Waals surface area (Å²) in [4.78, 5) is 12.4. The Balaban J connectivity index is 1.40. The van der Waals surface area contributed by atoms with Crippen molar-refractivity contribution in [3.63, 3.8) is 0 Å². The molecule has 2 aromatic carbocycles. The maximum absolute atomic E-state index is 12.4. The largest absolute Gasteiger partial charge is 0.388 e. The molecule has 0 bridgehead atoms. The highest BCUT2D eigenvalue weighted by Gasteiger charge is 2.29. The summed E-state index contributed by atoms with van der Waals surface area (Å²) in [6.07, 6.45) is 4.71. The van der Waals surface area contributed by atoms with Crippen molar-refractivity contribution >= 4 is 5.91 Å². The van der Waals surface area contributed by atoms with E-state index < -0.39 is 5.60 Å². The maximum atomic E-state index is 12.4. The second kappa shape index (κ2) is 7.90. The van der Waals surface area contributed by atoms with Gasteiger partial charge in [-0.05, 0) is 41.3 Å². The monoisotopic (exact) mass is 377 g/mol. The lowest BCUT2D eigenvalue weighted by atomic mass is 9.85. The lowest BCUT2D eigenvalue weighted by Crippen LogP contribution is -2.44. The number of nitrogens with zero attached hydrogens (tertiary/aromatic N) is 3. The molecule has 7 heteroatoms. The number of tetrazole rings is 1. The van der Waals surface area contributed by atoms with E-state index in [1.165, 1.54) is 0 Å². The molecule has 1 aliphatic rings. The minimum Gasteiger partial charge on any atom is -0.388 e. The van der Waals surface area contributed by atoms with Gasteiger partial charge in [-0.1, -0.05) is 55.7 Å². The Bertz CT molecular complexity index is 914. The number of nitrogens with one attached hydrogen (secondary N) is 2. The van der Waals surface area contributed by atoms with Crippen LogP contribution in [0, 0.1) is 0 Å². The van der Waals surface area contributed by atoms with Gasteiger partial charge in [-0.2, -0.15) is 5.21 Å². The number of hydrogen-bond acceptors (Lipinski definition) is 5. The standard InChI is InChI=1S/C21H23N5O2/c27-20(22-14-21(28)12-2-1-3-13-21)18-10-6-16(7-11-18)15-4-8-17(9-5-15)19-23-25-26-24-19/h4-11,28H,1-3,12-14H2,(H,22,27)(H,23,24,25,26). The number of benzene rings is 2. The van der Waals surface area contributed by atoms with Crippen molar-refractivity contribution in [3.05, 3.63) is 54.1 Å². The molecule has 1 aromatic heterocycles.